The monoisotopic (exact) mass is 377 g/mol. The maximum atomic E-state index is 12.1. The van der Waals surface area contributed by atoms with Gasteiger partial charge in [-0.1, -0.05) is 18.2 Å². The molecule has 0 bridgehead atoms. The van der Waals surface area contributed by atoms with Crippen LogP contribution in [0, 0.1) is 5.92 Å². The second kappa shape index (κ2) is 8.10. The van der Waals surface area contributed by atoms with Gasteiger partial charge in [-0.15, -0.1) is 0 Å². The van der Waals surface area contributed by atoms with Crippen LogP contribution < -0.4 is 5.32 Å². The normalized spacial score (nSPS) is 15.8. The molecule has 0 saturated carbocycles. The third-order valence-corrected chi connectivity index (χ3v) is 5.70. The molecule has 1 amide bonds. The van der Waals surface area contributed by atoms with Crippen molar-refractivity contribution in [2.45, 2.75) is 25.8 Å². The van der Waals surface area contributed by atoms with E-state index in [4.69, 9.17) is 0 Å². The van der Waals surface area contributed by atoms with Crippen molar-refractivity contribution in [2.24, 2.45) is 13.0 Å². The second-order valence-electron chi connectivity index (χ2n) is 7.65. The van der Waals surface area contributed by atoms with E-state index in [1.54, 1.807) is 11.7 Å². The molecule has 1 fully saturated rings. The number of rotatable bonds is 5. The van der Waals surface area contributed by atoms with Crippen molar-refractivity contribution in [1.29, 1.82) is 0 Å². The molecular weight excluding hydrogens is 350 g/mol. The summed E-state index contributed by atoms with van der Waals surface area (Å²) in [6.45, 7) is 3.11. The fourth-order valence-electron chi connectivity index (χ4n) is 4.18. The first-order valence-electron chi connectivity index (χ1n) is 9.93. The highest BCUT2D eigenvalue weighted by Gasteiger charge is 2.23. The van der Waals surface area contributed by atoms with Gasteiger partial charge in [0, 0.05) is 38.4 Å². The summed E-state index contributed by atoms with van der Waals surface area (Å²) in [6.07, 6.45) is 6.80. The molecule has 146 valence electrons. The highest BCUT2D eigenvalue weighted by Crippen LogP contribution is 2.25. The van der Waals surface area contributed by atoms with Crippen LogP contribution >= 0.6 is 0 Å². The summed E-state index contributed by atoms with van der Waals surface area (Å²) in [5.41, 5.74) is 4.03. The number of carbonyl (C=O) groups is 1. The van der Waals surface area contributed by atoms with Gasteiger partial charge in [0.1, 0.15) is 0 Å². The Hall–Kier alpha value is -2.73. The Morgan fingerprint density at radius 3 is 2.82 bits per heavy atom. The molecule has 6 nitrogen and oxygen atoms in total. The summed E-state index contributed by atoms with van der Waals surface area (Å²) in [6, 6.07) is 10.5. The van der Waals surface area contributed by atoms with E-state index in [0.717, 1.165) is 50.1 Å². The fraction of sp³-hybridized carbons (Fsp3) is 0.409. The van der Waals surface area contributed by atoms with E-state index in [1.807, 2.05) is 25.5 Å². The lowest BCUT2D eigenvalue weighted by Gasteiger charge is -2.32. The minimum Gasteiger partial charge on any atom is -0.355 e. The van der Waals surface area contributed by atoms with Gasteiger partial charge in [0.05, 0.1) is 16.8 Å². The first-order valence-corrected chi connectivity index (χ1v) is 9.93. The van der Waals surface area contributed by atoms with Crippen LogP contribution in [0.2, 0.25) is 0 Å². The molecule has 1 aliphatic heterocycles. The molecule has 4 rings (SSSR count). The lowest BCUT2D eigenvalue weighted by molar-refractivity contribution is 0.0961. The zero-order chi connectivity index (χ0) is 19.5. The summed E-state index contributed by atoms with van der Waals surface area (Å²) in [7, 11) is 3.54. The number of carbonyl (C=O) groups excluding carboxylic acids is 1. The second-order valence-corrected chi connectivity index (χ2v) is 7.65. The number of nitrogens with one attached hydrogen (secondary N) is 1. The molecule has 1 aliphatic rings. The van der Waals surface area contributed by atoms with E-state index in [-0.39, 0.29) is 5.91 Å². The molecule has 6 heteroatoms. The number of aromatic nitrogens is 3. The largest absolute Gasteiger partial charge is 0.355 e. The van der Waals surface area contributed by atoms with E-state index < -0.39 is 0 Å². The van der Waals surface area contributed by atoms with Crippen molar-refractivity contribution in [3.63, 3.8) is 0 Å². The van der Waals surface area contributed by atoms with Gasteiger partial charge in [-0.05, 0) is 56.0 Å². The number of nitrogens with zero attached hydrogens (tertiary/aromatic N) is 4. The summed E-state index contributed by atoms with van der Waals surface area (Å²) in [5.74, 6) is 0.522. The molecule has 0 spiro atoms. The van der Waals surface area contributed by atoms with Gasteiger partial charge >= 0.3 is 0 Å². The Morgan fingerprint density at radius 1 is 1.21 bits per heavy atom. The summed E-state index contributed by atoms with van der Waals surface area (Å²) in [4.78, 5) is 19.1. The molecular formula is C22H27N5O. The van der Waals surface area contributed by atoms with Gasteiger partial charge in [-0.2, -0.15) is 5.10 Å². The van der Waals surface area contributed by atoms with Crippen LogP contribution in [0.1, 0.15) is 34.5 Å². The zero-order valence-electron chi connectivity index (χ0n) is 16.6. The molecule has 0 unspecified atom stereocenters. The van der Waals surface area contributed by atoms with Crippen LogP contribution in [0.15, 0.2) is 42.7 Å². The van der Waals surface area contributed by atoms with Crippen LogP contribution in [0.5, 0.6) is 0 Å². The van der Waals surface area contributed by atoms with Gasteiger partial charge in [-0.3, -0.25) is 19.4 Å². The van der Waals surface area contributed by atoms with Crippen LogP contribution in [-0.4, -0.2) is 45.7 Å². The number of amides is 1. The van der Waals surface area contributed by atoms with Crippen LogP contribution in [0.3, 0.4) is 0 Å². The van der Waals surface area contributed by atoms with Crippen molar-refractivity contribution in [1.82, 2.24) is 25.0 Å². The van der Waals surface area contributed by atoms with Gasteiger partial charge in [0.15, 0.2) is 0 Å². The van der Waals surface area contributed by atoms with E-state index in [9.17, 15) is 4.79 Å². The van der Waals surface area contributed by atoms with Crippen LogP contribution in [-0.2, 0) is 20.0 Å². The molecule has 0 atom stereocenters. The number of fused-ring (bicyclic) bond motifs is 1. The Morgan fingerprint density at radius 2 is 2.04 bits per heavy atom. The third-order valence-electron chi connectivity index (χ3n) is 5.70. The maximum Gasteiger partial charge on any atom is 0.254 e. The Bertz CT molecular complexity index is 967. The minimum absolute atomic E-state index is 0.0508. The quantitative estimate of drug-likeness (QED) is 0.743. The summed E-state index contributed by atoms with van der Waals surface area (Å²) >= 11 is 0. The van der Waals surface area contributed by atoms with Crippen molar-refractivity contribution in [2.75, 3.05) is 20.1 Å². The SMILES string of the molecule is CNC(=O)c1cn(C)nc1CC1CCN(Cc2cccc3ncccc23)CC1. The van der Waals surface area contributed by atoms with Crippen molar-refractivity contribution in [3.05, 3.63) is 59.5 Å². The van der Waals surface area contributed by atoms with Gasteiger partial charge < -0.3 is 5.32 Å². The molecule has 0 radical (unpaired) electrons. The molecule has 3 aromatic rings. The molecule has 1 saturated heterocycles. The van der Waals surface area contributed by atoms with Crippen molar-refractivity contribution >= 4 is 16.8 Å². The van der Waals surface area contributed by atoms with E-state index >= 15 is 0 Å². The molecule has 3 heterocycles. The number of hydrogen-bond donors (Lipinski definition) is 1. The Labute approximate surface area is 165 Å². The van der Waals surface area contributed by atoms with Crippen LogP contribution in [0.4, 0.5) is 0 Å². The summed E-state index contributed by atoms with van der Waals surface area (Å²) < 4.78 is 1.74. The number of pyridine rings is 1. The predicted octanol–water partition coefficient (Wildman–Crippen LogP) is 2.78. The van der Waals surface area contributed by atoms with E-state index in [0.29, 0.717) is 11.5 Å². The molecule has 28 heavy (non-hydrogen) atoms. The number of piperidine rings is 1. The van der Waals surface area contributed by atoms with E-state index in [2.05, 4.69) is 44.6 Å². The maximum absolute atomic E-state index is 12.1. The standard InChI is InChI=1S/C22H27N5O/c1-23-22(28)19-15-26(2)25-21(19)13-16-8-11-27(12-9-16)14-17-5-3-7-20-18(17)6-4-10-24-20/h3-7,10,15-16H,8-9,11-14H2,1-2H3,(H,23,28). The predicted molar refractivity (Wildman–Crippen MR) is 110 cm³/mol. The lowest BCUT2D eigenvalue weighted by atomic mass is 9.91. The number of hydrogen-bond acceptors (Lipinski definition) is 4. The van der Waals surface area contributed by atoms with Crippen molar-refractivity contribution in [3.8, 4) is 0 Å². The zero-order valence-corrected chi connectivity index (χ0v) is 16.6. The van der Waals surface area contributed by atoms with Gasteiger partial charge in [0.2, 0.25) is 0 Å². The van der Waals surface area contributed by atoms with Gasteiger partial charge in [0.25, 0.3) is 5.91 Å². The molecule has 0 aliphatic carbocycles. The summed E-state index contributed by atoms with van der Waals surface area (Å²) in [5, 5.41) is 8.49. The van der Waals surface area contributed by atoms with Gasteiger partial charge in [-0.25, -0.2) is 0 Å². The smallest absolute Gasteiger partial charge is 0.254 e. The first-order chi connectivity index (χ1) is 13.6. The number of likely N-dealkylation sites (tertiary alicyclic amines) is 1. The number of benzene rings is 1. The number of aryl methyl sites for hydroxylation is 1. The van der Waals surface area contributed by atoms with Crippen molar-refractivity contribution < 1.29 is 4.79 Å². The van der Waals surface area contributed by atoms with E-state index in [1.165, 1.54) is 10.9 Å². The molecule has 1 aromatic carbocycles. The Kier molecular flexibility index (Phi) is 5.39. The first kappa shape index (κ1) is 18.6. The topological polar surface area (TPSA) is 63.1 Å². The minimum atomic E-state index is -0.0508. The lowest BCUT2D eigenvalue weighted by Crippen LogP contribution is -2.34. The highest BCUT2D eigenvalue weighted by atomic mass is 16.1. The molecule has 1 N–H and O–H groups in total. The highest BCUT2D eigenvalue weighted by molar-refractivity contribution is 5.94. The fourth-order valence-corrected chi connectivity index (χ4v) is 4.18. The Balaban J connectivity index is 1.38. The van der Waals surface area contributed by atoms with Crippen LogP contribution in [0.25, 0.3) is 10.9 Å². The average molecular weight is 377 g/mol. The molecule has 2 aromatic heterocycles. The average Bonchev–Trinajstić information content (AvgIpc) is 3.09. The third kappa shape index (κ3) is 3.92.